The second kappa shape index (κ2) is 12.0. The van der Waals surface area contributed by atoms with Gasteiger partial charge in [-0.3, -0.25) is 0 Å². The van der Waals surface area contributed by atoms with Gasteiger partial charge in [0.2, 0.25) is 5.89 Å². The summed E-state index contributed by atoms with van der Waals surface area (Å²) in [6, 6.07) is 65.6. The van der Waals surface area contributed by atoms with Crippen molar-refractivity contribution in [1.29, 1.82) is 0 Å². The number of anilines is 3. The number of hydrogen-bond donors (Lipinski definition) is 0. The fraction of sp³-hybridized carbons (Fsp3) is 0.0577. The summed E-state index contributed by atoms with van der Waals surface area (Å²) in [6.07, 6.45) is 0. The van der Waals surface area contributed by atoms with Crippen molar-refractivity contribution in [3.05, 3.63) is 193 Å². The third-order valence-corrected chi connectivity index (χ3v) is 11.7. The molecule has 0 bridgehead atoms. The summed E-state index contributed by atoms with van der Waals surface area (Å²) in [5.74, 6) is 0.635. The molecule has 0 spiro atoms. The Morgan fingerprint density at radius 2 is 1.07 bits per heavy atom. The number of nitrogens with zero attached hydrogens (tertiary/aromatic N) is 2. The third-order valence-electron chi connectivity index (χ3n) is 11.7. The molecular weight excluding hydrogens is 669 g/mol. The molecule has 1 heterocycles. The van der Waals surface area contributed by atoms with Crippen LogP contribution in [0.15, 0.2) is 186 Å². The lowest BCUT2D eigenvalue weighted by Gasteiger charge is -2.30. The first kappa shape index (κ1) is 31.5. The minimum atomic E-state index is -0.123. The third kappa shape index (κ3) is 4.86. The normalized spacial score (nSPS) is 13.1. The molecule has 11 rings (SSSR count). The Hall–Kier alpha value is -6.97. The molecule has 1 aliphatic carbocycles. The summed E-state index contributed by atoms with van der Waals surface area (Å²) in [4.78, 5) is 7.37. The first-order valence-corrected chi connectivity index (χ1v) is 19.0. The molecule has 0 atom stereocenters. The van der Waals surface area contributed by atoms with E-state index in [9.17, 15) is 0 Å². The molecule has 0 saturated carbocycles. The summed E-state index contributed by atoms with van der Waals surface area (Å²) in [6.45, 7) is 4.70. The van der Waals surface area contributed by atoms with Crippen LogP contribution in [0.1, 0.15) is 25.0 Å². The maximum Gasteiger partial charge on any atom is 0.227 e. The summed E-state index contributed by atoms with van der Waals surface area (Å²) in [5, 5.41) is 6.91. The van der Waals surface area contributed by atoms with Gasteiger partial charge in [-0.05, 0) is 97.9 Å². The molecule has 260 valence electrons. The summed E-state index contributed by atoms with van der Waals surface area (Å²) < 4.78 is 6.61. The molecule has 0 unspecified atom stereocenters. The van der Waals surface area contributed by atoms with Crippen molar-refractivity contribution in [3.63, 3.8) is 0 Å². The Morgan fingerprint density at radius 1 is 0.473 bits per heavy atom. The molecule has 10 aromatic rings. The number of hydrogen-bond acceptors (Lipinski definition) is 3. The fourth-order valence-electron chi connectivity index (χ4n) is 8.97. The molecule has 3 nitrogen and oxygen atoms in total. The van der Waals surface area contributed by atoms with Gasteiger partial charge in [0.1, 0.15) is 5.52 Å². The molecule has 1 aliphatic rings. The highest BCUT2D eigenvalue weighted by Crippen LogP contribution is 2.51. The number of benzene rings is 9. The van der Waals surface area contributed by atoms with Gasteiger partial charge in [-0.25, -0.2) is 4.98 Å². The Kier molecular flexibility index (Phi) is 6.90. The van der Waals surface area contributed by atoms with Crippen LogP contribution in [-0.2, 0) is 5.41 Å². The van der Waals surface area contributed by atoms with E-state index in [0.29, 0.717) is 5.89 Å². The maximum absolute atomic E-state index is 6.61. The van der Waals surface area contributed by atoms with Crippen molar-refractivity contribution < 1.29 is 4.42 Å². The molecule has 0 N–H and O–H groups in total. The first-order chi connectivity index (χ1) is 27.0. The van der Waals surface area contributed by atoms with E-state index < -0.39 is 0 Å². The largest absolute Gasteiger partial charge is 0.435 e. The zero-order valence-corrected chi connectivity index (χ0v) is 30.6. The average molecular weight is 705 g/mol. The van der Waals surface area contributed by atoms with Crippen LogP contribution in [0.3, 0.4) is 0 Å². The number of fused-ring (bicyclic) bond motifs is 10. The van der Waals surface area contributed by atoms with Gasteiger partial charge in [-0.1, -0.05) is 147 Å². The molecule has 0 aliphatic heterocycles. The molecule has 0 amide bonds. The summed E-state index contributed by atoms with van der Waals surface area (Å²) in [5.41, 5.74) is 13.6. The Bertz CT molecular complexity index is 3120. The van der Waals surface area contributed by atoms with Crippen molar-refractivity contribution >= 4 is 60.5 Å². The molecular formula is C52H36N2O. The quantitative estimate of drug-likeness (QED) is 0.167. The molecule has 9 aromatic carbocycles. The molecule has 55 heavy (non-hydrogen) atoms. The van der Waals surface area contributed by atoms with Gasteiger partial charge in [0.25, 0.3) is 0 Å². The second-order valence-corrected chi connectivity index (χ2v) is 15.2. The van der Waals surface area contributed by atoms with E-state index in [1.165, 1.54) is 49.5 Å². The first-order valence-electron chi connectivity index (χ1n) is 19.0. The van der Waals surface area contributed by atoms with Crippen LogP contribution in [-0.4, -0.2) is 4.98 Å². The van der Waals surface area contributed by atoms with Gasteiger partial charge in [-0.15, -0.1) is 0 Å². The Morgan fingerprint density at radius 3 is 1.87 bits per heavy atom. The number of aromatic nitrogens is 1. The number of oxazole rings is 1. The van der Waals surface area contributed by atoms with E-state index in [1.54, 1.807) is 0 Å². The molecule has 0 saturated heterocycles. The number of para-hydroxylation sites is 1. The van der Waals surface area contributed by atoms with Crippen molar-refractivity contribution in [1.82, 2.24) is 4.98 Å². The summed E-state index contributed by atoms with van der Waals surface area (Å²) in [7, 11) is 0. The lowest BCUT2D eigenvalue weighted by Crippen LogP contribution is -2.16. The lowest BCUT2D eigenvalue weighted by atomic mass is 9.82. The van der Waals surface area contributed by atoms with Crippen molar-refractivity contribution in [2.24, 2.45) is 0 Å². The van der Waals surface area contributed by atoms with Crippen LogP contribution in [0.25, 0.3) is 77.1 Å². The van der Waals surface area contributed by atoms with Crippen molar-refractivity contribution in [3.8, 4) is 33.7 Å². The molecule has 0 fully saturated rings. The Balaban J connectivity index is 1.14. The maximum atomic E-state index is 6.61. The van der Waals surface area contributed by atoms with Gasteiger partial charge in [0.05, 0.1) is 5.69 Å². The van der Waals surface area contributed by atoms with Crippen LogP contribution in [0.5, 0.6) is 0 Å². The fourth-order valence-corrected chi connectivity index (χ4v) is 8.97. The summed E-state index contributed by atoms with van der Waals surface area (Å²) >= 11 is 0. The number of rotatable bonds is 5. The van der Waals surface area contributed by atoms with Crippen LogP contribution < -0.4 is 4.90 Å². The van der Waals surface area contributed by atoms with E-state index in [4.69, 9.17) is 9.40 Å². The van der Waals surface area contributed by atoms with E-state index in [0.717, 1.165) is 49.9 Å². The van der Waals surface area contributed by atoms with E-state index >= 15 is 0 Å². The van der Waals surface area contributed by atoms with Crippen LogP contribution in [0.2, 0.25) is 0 Å². The van der Waals surface area contributed by atoms with Gasteiger partial charge in [0.15, 0.2) is 5.58 Å². The minimum Gasteiger partial charge on any atom is -0.435 e. The van der Waals surface area contributed by atoms with Crippen LogP contribution in [0, 0.1) is 0 Å². The predicted molar refractivity (Wildman–Crippen MR) is 230 cm³/mol. The van der Waals surface area contributed by atoms with Gasteiger partial charge < -0.3 is 9.32 Å². The topological polar surface area (TPSA) is 29.3 Å². The lowest BCUT2D eigenvalue weighted by molar-refractivity contribution is 0.623. The molecule has 0 radical (unpaired) electrons. The SMILES string of the molecule is CC1(C)c2ccccc2-c2ccc(N(c3ccc4c(ccc5ccc6ccc7nc(-c8ccccc8)oc7c6c54)c3)c3ccccc3-c3ccccc3)cc21. The van der Waals surface area contributed by atoms with Crippen molar-refractivity contribution in [2.75, 3.05) is 4.90 Å². The molecule has 3 heteroatoms. The van der Waals surface area contributed by atoms with Gasteiger partial charge >= 0.3 is 0 Å². The van der Waals surface area contributed by atoms with E-state index in [-0.39, 0.29) is 5.41 Å². The highest BCUT2D eigenvalue weighted by atomic mass is 16.3. The van der Waals surface area contributed by atoms with E-state index in [2.05, 4.69) is 170 Å². The zero-order valence-electron chi connectivity index (χ0n) is 30.6. The van der Waals surface area contributed by atoms with Crippen LogP contribution >= 0.6 is 0 Å². The highest BCUT2D eigenvalue weighted by molar-refractivity contribution is 6.26. The van der Waals surface area contributed by atoms with Gasteiger partial charge in [-0.2, -0.15) is 0 Å². The average Bonchev–Trinajstić information content (AvgIpc) is 3.78. The minimum absolute atomic E-state index is 0.123. The molecule has 1 aromatic heterocycles. The second-order valence-electron chi connectivity index (χ2n) is 15.2. The predicted octanol–water partition coefficient (Wildman–Crippen LogP) is 14.4. The monoisotopic (exact) mass is 704 g/mol. The van der Waals surface area contributed by atoms with Crippen LogP contribution in [0.4, 0.5) is 17.1 Å². The smallest absolute Gasteiger partial charge is 0.227 e. The Labute approximate surface area is 319 Å². The van der Waals surface area contributed by atoms with Crippen molar-refractivity contribution in [2.45, 2.75) is 19.3 Å². The van der Waals surface area contributed by atoms with Gasteiger partial charge in [0, 0.05) is 38.7 Å². The highest BCUT2D eigenvalue weighted by Gasteiger charge is 2.36. The zero-order chi connectivity index (χ0) is 36.7. The van der Waals surface area contributed by atoms with E-state index in [1.807, 2.05) is 30.3 Å². The standard InChI is InChI=1S/C52H36N2O/c1-52(2)44-19-11-9-18-42(44)43-29-27-39(32-45(43)52)54(47-20-12-10-17-40(47)33-13-5-3-6-14-33)38-26-28-41-37(31-38)24-23-34-21-22-35-25-30-46-50(49(35)48(34)41)55-51(53-46)36-15-7-4-8-16-36/h3-32H,1-2H3.